The Bertz CT molecular complexity index is 767. The maximum atomic E-state index is 12.0. The van der Waals surface area contributed by atoms with Gasteiger partial charge in [0.05, 0.1) is 6.04 Å². The highest BCUT2D eigenvalue weighted by atomic mass is 79.9. The minimum Gasteiger partial charge on any atom is -0.452 e. The first kappa shape index (κ1) is 19.9. The number of aryl methyl sites for hydroxylation is 1. The maximum absolute atomic E-state index is 12.0. The second-order valence-corrected chi connectivity index (χ2v) is 6.85. The van der Waals surface area contributed by atoms with Crippen molar-refractivity contribution >= 4 is 33.9 Å². The van der Waals surface area contributed by atoms with E-state index in [1.54, 1.807) is 6.08 Å². The maximum Gasteiger partial charge on any atom is 0.331 e. The summed E-state index contributed by atoms with van der Waals surface area (Å²) in [5, 5.41) is 2.88. The lowest BCUT2D eigenvalue weighted by Crippen LogP contribution is -2.32. The highest BCUT2D eigenvalue weighted by Gasteiger charge is 2.13. The smallest absolute Gasteiger partial charge is 0.331 e. The molecule has 2 aromatic carbocycles. The summed E-state index contributed by atoms with van der Waals surface area (Å²) < 4.78 is 5.99. The van der Waals surface area contributed by atoms with E-state index in [9.17, 15) is 9.59 Å². The second kappa shape index (κ2) is 9.92. The van der Waals surface area contributed by atoms with Gasteiger partial charge in [-0.25, -0.2) is 4.79 Å². The van der Waals surface area contributed by atoms with Crippen LogP contribution in [0.4, 0.5) is 0 Å². The number of halogens is 1. The Kier molecular flexibility index (Phi) is 7.60. The summed E-state index contributed by atoms with van der Waals surface area (Å²) in [6.45, 7) is 3.69. The number of hydrogen-bond donors (Lipinski definition) is 1. The Morgan fingerprint density at radius 3 is 2.38 bits per heavy atom. The van der Waals surface area contributed by atoms with Crippen molar-refractivity contribution in [1.82, 2.24) is 5.32 Å². The number of hydrogen-bond acceptors (Lipinski definition) is 3. The zero-order valence-electron chi connectivity index (χ0n) is 14.9. The molecule has 1 atom stereocenters. The Hall–Kier alpha value is -2.40. The Balaban J connectivity index is 1.82. The lowest BCUT2D eigenvalue weighted by Gasteiger charge is -2.17. The molecule has 1 amide bonds. The van der Waals surface area contributed by atoms with Crippen LogP contribution >= 0.6 is 15.9 Å². The molecule has 0 fully saturated rings. The van der Waals surface area contributed by atoms with Gasteiger partial charge in [-0.3, -0.25) is 4.79 Å². The molecule has 0 bridgehead atoms. The number of benzene rings is 2. The molecule has 0 heterocycles. The number of ether oxygens (including phenoxy) is 1. The fourth-order valence-electron chi connectivity index (χ4n) is 2.38. The minimum atomic E-state index is -0.544. The second-order valence-electron chi connectivity index (χ2n) is 5.93. The van der Waals surface area contributed by atoms with Crippen molar-refractivity contribution in [1.29, 1.82) is 0 Å². The standard InChI is InChI=1S/C21H22BrNO3/c1-3-19(17-9-11-18(22)12-10-17)23-20(24)14-26-21(25)13-8-16-6-4-15(2)5-7-16/h4-13,19H,3,14H2,1-2H3,(H,23,24)/b13-8+/t19-/m1/s1. The number of nitrogens with one attached hydrogen (secondary N) is 1. The van der Waals surface area contributed by atoms with Gasteiger partial charge >= 0.3 is 5.97 Å². The Morgan fingerprint density at radius 2 is 1.77 bits per heavy atom. The van der Waals surface area contributed by atoms with Gasteiger partial charge < -0.3 is 10.1 Å². The third kappa shape index (κ3) is 6.48. The number of amides is 1. The topological polar surface area (TPSA) is 55.4 Å². The molecule has 0 aliphatic heterocycles. The summed E-state index contributed by atoms with van der Waals surface area (Å²) in [5.74, 6) is -0.866. The predicted octanol–water partition coefficient (Wildman–Crippen LogP) is 4.58. The van der Waals surface area contributed by atoms with E-state index in [4.69, 9.17) is 4.74 Å². The van der Waals surface area contributed by atoms with Crippen molar-refractivity contribution in [2.45, 2.75) is 26.3 Å². The quantitative estimate of drug-likeness (QED) is 0.531. The van der Waals surface area contributed by atoms with Gasteiger partial charge in [0.1, 0.15) is 0 Å². The molecule has 5 heteroatoms. The number of carbonyl (C=O) groups is 2. The van der Waals surface area contributed by atoms with Gasteiger partial charge in [-0.15, -0.1) is 0 Å². The third-order valence-corrected chi connectivity index (χ3v) is 4.38. The summed E-state index contributed by atoms with van der Waals surface area (Å²) in [5.41, 5.74) is 3.06. The largest absolute Gasteiger partial charge is 0.452 e. The van der Waals surface area contributed by atoms with E-state index in [0.717, 1.165) is 27.6 Å². The van der Waals surface area contributed by atoms with E-state index in [1.807, 2.05) is 62.4 Å². The Labute approximate surface area is 162 Å². The van der Waals surface area contributed by atoms with E-state index >= 15 is 0 Å². The van der Waals surface area contributed by atoms with Crippen LogP contribution in [0.3, 0.4) is 0 Å². The van der Waals surface area contributed by atoms with Crippen LogP contribution in [0.5, 0.6) is 0 Å². The van der Waals surface area contributed by atoms with Crippen molar-refractivity contribution in [3.8, 4) is 0 Å². The lowest BCUT2D eigenvalue weighted by molar-refractivity contribution is -0.144. The third-order valence-electron chi connectivity index (χ3n) is 3.85. The normalized spacial score (nSPS) is 12.0. The first-order chi connectivity index (χ1) is 12.5. The van der Waals surface area contributed by atoms with E-state index in [2.05, 4.69) is 21.2 Å². The predicted molar refractivity (Wildman–Crippen MR) is 106 cm³/mol. The fraction of sp³-hybridized carbons (Fsp3) is 0.238. The molecule has 1 N–H and O–H groups in total. The van der Waals surface area contributed by atoms with Crippen LogP contribution in [0.1, 0.15) is 36.1 Å². The molecule has 0 aromatic heterocycles. The lowest BCUT2D eigenvalue weighted by atomic mass is 10.0. The van der Waals surface area contributed by atoms with Gasteiger partial charge in [-0.05, 0) is 42.7 Å². The van der Waals surface area contributed by atoms with Crippen molar-refractivity contribution in [3.63, 3.8) is 0 Å². The van der Waals surface area contributed by atoms with Gasteiger partial charge in [0.15, 0.2) is 6.61 Å². The summed E-state index contributed by atoms with van der Waals surface area (Å²) in [7, 11) is 0. The molecule has 0 saturated heterocycles. The monoisotopic (exact) mass is 415 g/mol. The van der Waals surface area contributed by atoms with Crippen LogP contribution in [0.15, 0.2) is 59.1 Å². The van der Waals surface area contributed by atoms with Gasteiger partial charge in [0, 0.05) is 10.5 Å². The number of rotatable bonds is 7. The summed E-state index contributed by atoms with van der Waals surface area (Å²) in [6.07, 6.45) is 3.73. The zero-order valence-corrected chi connectivity index (χ0v) is 16.5. The average Bonchev–Trinajstić information content (AvgIpc) is 2.65. The zero-order chi connectivity index (χ0) is 18.9. The van der Waals surface area contributed by atoms with Gasteiger partial charge in [0.25, 0.3) is 5.91 Å². The molecule has 0 radical (unpaired) electrons. The van der Waals surface area contributed by atoms with Crippen LogP contribution < -0.4 is 5.32 Å². The van der Waals surface area contributed by atoms with Crippen LogP contribution in [0.25, 0.3) is 6.08 Å². The highest BCUT2D eigenvalue weighted by Crippen LogP contribution is 2.19. The SMILES string of the molecule is CC[C@@H](NC(=O)COC(=O)/C=C/c1ccc(C)cc1)c1ccc(Br)cc1. The van der Waals surface area contributed by atoms with Gasteiger partial charge in [0.2, 0.25) is 0 Å². The van der Waals surface area contributed by atoms with Crippen molar-refractivity contribution < 1.29 is 14.3 Å². The van der Waals surface area contributed by atoms with E-state index in [-0.39, 0.29) is 18.6 Å². The fourth-order valence-corrected chi connectivity index (χ4v) is 2.64. The molecule has 4 nitrogen and oxygen atoms in total. The van der Waals surface area contributed by atoms with Crippen molar-refractivity contribution in [2.24, 2.45) is 0 Å². The van der Waals surface area contributed by atoms with Crippen molar-refractivity contribution in [2.75, 3.05) is 6.61 Å². The average molecular weight is 416 g/mol. The van der Waals surface area contributed by atoms with Crippen LogP contribution in [-0.4, -0.2) is 18.5 Å². The minimum absolute atomic E-state index is 0.114. The first-order valence-electron chi connectivity index (χ1n) is 8.44. The van der Waals surface area contributed by atoms with Gasteiger partial charge in [-0.2, -0.15) is 0 Å². The number of esters is 1. The highest BCUT2D eigenvalue weighted by molar-refractivity contribution is 9.10. The van der Waals surface area contributed by atoms with E-state index < -0.39 is 5.97 Å². The summed E-state index contributed by atoms with van der Waals surface area (Å²) in [4.78, 5) is 23.8. The van der Waals surface area contributed by atoms with E-state index in [1.165, 1.54) is 6.08 Å². The first-order valence-corrected chi connectivity index (χ1v) is 9.23. The van der Waals surface area contributed by atoms with E-state index in [0.29, 0.717) is 0 Å². The molecule has 0 spiro atoms. The molecule has 0 aliphatic rings. The molecule has 0 aliphatic carbocycles. The summed E-state index contributed by atoms with van der Waals surface area (Å²) in [6, 6.07) is 15.4. The molecule has 0 saturated carbocycles. The molecule has 26 heavy (non-hydrogen) atoms. The molecule has 136 valence electrons. The number of carbonyl (C=O) groups excluding carboxylic acids is 2. The van der Waals surface area contributed by atoms with Crippen LogP contribution in [-0.2, 0) is 14.3 Å². The van der Waals surface area contributed by atoms with Crippen LogP contribution in [0, 0.1) is 6.92 Å². The Morgan fingerprint density at radius 1 is 1.12 bits per heavy atom. The van der Waals surface area contributed by atoms with Crippen molar-refractivity contribution in [3.05, 3.63) is 75.8 Å². The molecule has 2 aromatic rings. The molecule has 2 rings (SSSR count). The molecule has 0 unspecified atom stereocenters. The van der Waals surface area contributed by atoms with Crippen LogP contribution in [0.2, 0.25) is 0 Å². The molecular formula is C21H22BrNO3. The van der Waals surface area contributed by atoms with Gasteiger partial charge in [-0.1, -0.05) is 64.8 Å². The molecular weight excluding hydrogens is 394 g/mol. The summed E-state index contributed by atoms with van der Waals surface area (Å²) >= 11 is 3.39.